The first kappa shape index (κ1) is 22.4. The van der Waals surface area contributed by atoms with Crippen LogP contribution in [0, 0.1) is 0 Å². The van der Waals surface area contributed by atoms with Crippen LogP contribution in [0.5, 0.6) is 0 Å². The highest BCUT2D eigenvalue weighted by Crippen LogP contribution is 2.35. The van der Waals surface area contributed by atoms with E-state index in [1.54, 1.807) is 0 Å². The number of hydrogen-bond acceptors (Lipinski definition) is 6. The van der Waals surface area contributed by atoms with E-state index in [9.17, 15) is 31.4 Å². The maximum Gasteiger partial charge on any atom is 0.408 e. The van der Waals surface area contributed by atoms with Gasteiger partial charge in [0.2, 0.25) is 5.95 Å². The Hall–Kier alpha value is -2.24. The number of anilines is 1. The summed E-state index contributed by atoms with van der Waals surface area (Å²) in [7, 11) is 0. The molecule has 1 saturated carbocycles. The molecule has 2 atom stereocenters. The first-order valence-corrected chi connectivity index (χ1v) is 9.59. The first-order valence-electron chi connectivity index (χ1n) is 9.59. The van der Waals surface area contributed by atoms with Crippen LogP contribution < -0.4 is 5.32 Å². The molecule has 0 spiro atoms. The summed E-state index contributed by atoms with van der Waals surface area (Å²) in [6.07, 6.45) is -6.49. The molecule has 6 nitrogen and oxygen atoms in total. The van der Waals surface area contributed by atoms with E-state index in [-0.39, 0.29) is 48.7 Å². The van der Waals surface area contributed by atoms with Gasteiger partial charge in [0.15, 0.2) is 5.82 Å². The number of hydrogen-bond donors (Lipinski definition) is 2. The molecular formula is C18H21F6N5O. The fraction of sp³-hybridized carbons (Fsp3) is 0.667. The van der Waals surface area contributed by atoms with Crippen molar-refractivity contribution < 1.29 is 31.4 Å². The van der Waals surface area contributed by atoms with Crippen molar-refractivity contribution in [1.82, 2.24) is 15.0 Å². The van der Waals surface area contributed by atoms with Gasteiger partial charge in [0.1, 0.15) is 18.0 Å². The summed E-state index contributed by atoms with van der Waals surface area (Å²) in [5.74, 6) is -4.93. The maximum atomic E-state index is 14.4. The Morgan fingerprint density at radius 2 is 1.97 bits per heavy atom. The van der Waals surface area contributed by atoms with Gasteiger partial charge < -0.3 is 10.4 Å². The first-order chi connectivity index (χ1) is 14.0. The number of halogens is 6. The lowest BCUT2D eigenvalue weighted by molar-refractivity contribution is -0.143. The molecule has 0 amide bonds. The summed E-state index contributed by atoms with van der Waals surface area (Å²) in [6, 6.07) is -1.97. The van der Waals surface area contributed by atoms with Crippen molar-refractivity contribution in [3.63, 3.8) is 0 Å². The average Bonchev–Trinajstić information content (AvgIpc) is 2.99. The molecule has 2 N–H and O–H groups in total. The number of alkyl halides is 5. The molecule has 12 heteroatoms. The highest BCUT2D eigenvalue weighted by molar-refractivity contribution is 5.89. The van der Waals surface area contributed by atoms with Crippen molar-refractivity contribution in [3.8, 4) is 0 Å². The third kappa shape index (κ3) is 5.27. The largest absolute Gasteiger partial charge is 0.408 e. The Labute approximate surface area is 168 Å². The molecule has 1 fully saturated rings. The molecule has 30 heavy (non-hydrogen) atoms. The lowest BCUT2D eigenvalue weighted by atomic mass is 9.96. The number of nitrogens with zero attached hydrogens (tertiary/aromatic N) is 4. The molecular weight excluding hydrogens is 416 g/mol. The van der Waals surface area contributed by atoms with Crippen LogP contribution in [0.4, 0.5) is 38.2 Å². The molecule has 3 rings (SSSR count). The number of aliphatic hydroxyl groups excluding tert-OH is 1. The standard InChI is InChI=1S/C18H21F6N5O/c1-2-12(18(22,23)24)26-16-28-14(10-4-3-5-11(30)13(10)19)27-15(29-16)25-9-6-7-17(20,21)8-9/h11-12,30H,2-8H2,1H3,(H,26,27,28,29)/b25-9-/t11?,12-/m1/s1. The molecule has 0 bridgehead atoms. The normalized spacial score (nSPS) is 24.4. The van der Waals surface area contributed by atoms with Crippen molar-refractivity contribution in [2.24, 2.45) is 4.99 Å². The number of allylic oxidation sites excluding steroid dienone is 1. The second kappa shape index (κ2) is 8.48. The van der Waals surface area contributed by atoms with E-state index in [4.69, 9.17) is 0 Å². The molecule has 0 aromatic carbocycles. The van der Waals surface area contributed by atoms with Crippen LogP contribution >= 0.6 is 0 Å². The number of aromatic nitrogens is 3. The third-order valence-electron chi connectivity index (χ3n) is 4.99. The average molecular weight is 437 g/mol. The minimum absolute atomic E-state index is 0.00726. The van der Waals surface area contributed by atoms with Gasteiger partial charge in [0.25, 0.3) is 11.9 Å². The lowest BCUT2D eigenvalue weighted by Gasteiger charge is -2.21. The van der Waals surface area contributed by atoms with E-state index in [0.717, 1.165) is 0 Å². The van der Waals surface area contributed by atoms with Gasteiger partial charge in [0, 0.05) is 24.1 Å². The third-order valence-corrected chi connectivity index (χ3v) is 4.99. The zero-order valence-corrected chi connectivity index (χ0v) is 16.1. The SMILES string of the molecule is CC[C@@H](Nc1nc(/N=C2/CCC(F)(F)C2)nc(C2=C(F)C(O)CCC2)n1)C(F)(F)F. The van der Waals surface area contributed by atoms with E-state index in [1.165, 1.54) is 6.92 Å². The van der Waals surface area contributed by atoms with E-state index >= 15 is 0 Å². The quantitative estimate of drug-likeness (QED) is 0.650. The van der Waals surface area contributed by atoms with Crippen molar-refractivity contribution in [2.75, 3.05) is 5.32 Å². The smallest absolute Gasteiger partial charge is 0.386 e. The Balaban J connectivity index is 2.02. The Kier molecular flexibility index (Phi) is 6.34. The van der Waals surface area contributed by atoms with Crippen molar-refractivity contribution >= 4 is 23.2 Å². The Bertz CT molecular complexity index is 854. The minimum atomic E-state index is -4.59. The number of aliphatic hydroxyl groups is 1. The summed E-state index contributed by atoms with van der Waals surface area (Å²) in [4.78, 5) is 15.6. The van der Waals surface area contributed by atoms with Gasteiger partial charge in [0.05, 0.1) is 0 Å². The number of nitrogens with one attached hydrogen (secondary N) is 1. The highest BCUT2D eigenvalue weighted by Gasteiger charge is 2.39. The van der Waals surface area contributed by atoms with E-state index < -0.39 is 48.9 Å². The fourth-order valence-corrected chi connectivity index (χ4v) is 3.36. The molecule has 0 radical (unpaired) electrons. The fourth-order valence-electron chi connectivity index (χ4n) is 3.36. The molecule has 1 heterocycles. The van der Waals surface area contributed by atoms with Crippen LogP contribution in [-0.4, -0.2) is 50.0 Å². The second-order valence-corrected chi connectivity index (χ2v) is 7.37. The zero-order valence-electron chi connectivity index (χ0n) is 16.1. The van der Waals surface area contributed by atoms with Crippen LogP contribution in [0.1, 0.15) is 57.7 Å². The minimum Gasteiger partial charge on any atom is -0.386 e. The van der Waals surface area contributed by atoms with Gasteiger partial charge in [-0.2, -0.15) is 28.1 Å². The zero-order chi connectivity index (χ0) is 22.1. The molecule has 1 aromatic heterocycles. The van der Waals surface area contributed by atoms with Crippen LogP contribution in [0.25, 0.3) is 5.57 Å². The van der Waals surface area contributed by atoms with Crippen LogP contribution in [0.3, 0.4) is 0 Å². The van der Waals surface area contributed by atoms with Crippen molar-refractivity contribution in [3.05, 3.63) is 11.7 Å². The summed E-state index contributed by atoms with van der Waals surface area (Å²) >= 11 is 0. The molecule has 0 aliphatic heterocycles. The van der Waals surface area contributed by atoms with Crippen LogP contribution in [0.15, 0.2) is 10.8 Å². The summed E-state index contributed by atoms with van der Waals surface area (Å²) in [6.45, 7) is 1.31. The van der Waals surface area contributed by atoms with Gasteiger partial charge in [-0.1, -0.05) is 6.92 Å². The van der Waals surface area contributed by atoms with E-state index in [2.05, 4.69) is 25.3 Å². The summed E-state index contributed by atoms with van der Waals surface area (Å²) in [5.41, 5.74) is 0.0431. The molecule has 1 aromatic rings. The van der Waals surface area contributed by atoms with Gasteiger partial charge in [-0.25, -0.2) is 18.2 Å². The molecule has 1 unspecified atom stereocenters. The summed E-state index contributed by atoms with van der Waals surface area (Å²) in [5, 5.41) is 11.9. The Morgan fingerprint density at radius 1 is 1.23 bits per heavy atom. The van der Waals surface area contributed by atoms with Crippen molar-refractivity contribution in [1.29, 1.82) is 0 Å². The summed E-state index contributed by atoms with van der Waals surface area (Å²) < 4.78 is 80.7. The van der Waals surface area contributed by atoms with E-state index in [0.29, 0.717) is 6.42 Å². The van der Waals surface area contributed by atoms with Gasteiger partial charge in [-0.05, 0) is 32.1 Å². The van der Waals surface area contributed by atoms with Crippen molar-refractivity contribution in [2.45, 2.75) is 76.1 Å². The van der Waals surface area contributed by atoms with Crippen LogP contribution in [-0.2, 0) is 0 Å². The second-order valence-electron chi connectivity index (χ2n) is 7.37. The van der Waals surface area contributed by atoms with Crippen LogP contribution in [0.2, 0.25) is 0 Å². The predicted molar refractivity (Wildman–Crippen MR) is 97.4 cm³/mol. The highest BCUT2D eigenvalue weighted by atomic mass is 19.4. The monoisotopic (exact) mass is 437 g/mol. The van der Waals surface area contributed by atoms with Gasteiger partial charge >= 0.3 is 6.18 Å². The number of rotatable bonds is 5. The van der Waals surface area contributed by atoms with Gasteiger partial charge in [-0.15, -0.1) is 0 Å². The lowest BCUT2D eigenvalue weighted by Crippen LogP contribution is -2.36. The topological polar surface area (TPSA) is 83.3 Å². The number of aliphatic imine (C=N–C) groups is 1. The predicted octanol–water partition coefficient (Wildman–Crippen LogP) is 4.74. The maximum absolute atomic E-state index is 14.4. The molecule has 2 aliphatic carbocycles. The van der Waals surface area contributed by atoms with Gasteiger partial charge in [-0.3, -0.25) is 0 Å². The Morgan fingerprint density at radius 3 is 2.57 bits per heavy atom. The molecule has 166 valence electrons. The molecule has 0 saturated heterocycles. The van der Waals surface area contributed by atoms with E-state index in [1.807, 2.05) is 0 Å². The molecule has 2 aliphatic rings.